The van der Waals surface area contributed by atoms with Gasteiger partial charge < -0.3 is 5.32 Å². The molecule has 0 saturated heterocycles. The number of pyridine rings is 1. The summed E-state index contributed by atoms with van der Waals surface area (Å²) in [5.74, 6) is 1.61. The Morgan fingerprint density at radius 1 is 1.10 bits per heavy atom. The molecule has 0 spiro atoms. The molecule has 3 rings (SSSR count). The maximum absolute atomic E-state index is 4.73. The third-order valence-corrected chi connectivity index (χ3v) is 3.73. The molecule has 0 unspecified atom stereocenters. The topological polar surface area (TPSA) is 50.7 Å². The van der Waals surface area contributed by atoms with Crippen molar-refractivity contribution in [3.05, 3.63) is 47.9 Å². The quantitative estimate of drug-likeness (QED) is 0.795. The van der Waals surface area contributed by atoms with Gasteiger partial charge in [0.05, 0.1) is 0 Å². The highest BCUT2D eigenvalue weighted by Gasteiger charge is 2.12. The van der Waals surface area contributed by atoms with Crippen LogP contribution in [0.25, 0.3) is 22.2 Å². The Kier molecular flexibility index (Phi) is 3.52. The van der Waals surface area contributed by atoms with Gasteiger partial charge in [-0.2, -0.15) is 0 Å². The SMILES string of the molecule is CCc1nc(-c2cncc3ccccc23)nc(NC)c1C. The van der Waals surface area contributed by atoms with Crippen LogP contribution in [0.1, 0.15) is 18.2 Å². The molecule has 0 radical (unpaired) electrons. The van der Waals surface area contributed by atoms with E-state index in [-0.39, 0.29) is 0 Å². The second kappa shape index (κ2) is 5.48. The second-order valence-corrected chi connectivity index (χ2v) is 4.98. The monoisotopic (exact) mass is 278 g/mol. The number of fused-ring (bicyclic) bond motifs is 1. The third kappa shape index (κ3) is 2.33. The van der Waals surface area contributed by atoms with E-state index in [0.717, 1.165) is 45.7 Å². The molecule has 1 aromatic carbocycles. The summed E-state index contributed by atoms with van der Waals surface area (Å²) in [6.07, 6.45) is 4.59. The molecular formula is C17H18N4. The van der Waals surface area contributed by atoms with Gasteiger partial charge in [-0.1, -0.05) is 31.2 Å². The number of rotatable bonds is 3. The van der Waals surface area contributed by atoms with E-state index in [1.807, 2.05) is 31.6 Å². The van der Waals surface area contributed by atoms with Crippen LogP contribution in [0.5, 0.6) is 0 Å². The van der Waals surface area contributed by atoms with E-state index in [4.69, 9.17) is 4.98 Å². The van der Waals surface area contributed by atoms with Crippen molar-refractivity contribution in [2.45, 2.75) is 20.3 Å². The van der Waals surface area contributed by atoms with E-state index in [1.54, 1.807) is 0 Å². The fraction of sp³-hybridized carbons (Fsp3) is 0.235. The van der Waals surface area contributed by atoms with Crippen LogP contribution in [0.3, 0.4) is 0 Å². The first-order chi connectivity index (χ1) is 10.2. The lowest BCUT2D eigenvalue weighted by Gasteiger charge is -2.12. The summed E-state index contributed by atoms with van der Waals surface area (Å²) in [5.41, 5.74) is 3.15. The molecule has 0 saturated carbocycles. The maximum Gasteiger partial charge on any atom is 0.163 e. The molecule has 2 heterocycles. The van der Waals surface area contributed by atoms with Gasteiger partial charge >= 0.3 is 0 Å². The number of anilines is 1. The van der Waals surface area contributed by atoms with Gasteiger partial charge in [0.2, 0.25) is 0 Å². The standard InChI is InChI=1S/C17H18N4/c1-4-15-11(2)16(18-3)21-17(20-15)14-10-19-9-12-7-5-6-8-13(12)14/h5-10H,4H2,1-3H3,(H,18,20,21). The Hall–Kier alpha value is -2.49. The lowest BCUT2D eigenvalue weighted by molar-refractivity contribution is 0.977. The highest BCUT2D eigenvalue weighted by molar-refractivity contribution is 5.94. The van der Waals surface area contributed by atoms with Gasteiger partial charge in [-0.15, -0.1) is 0 Å². The van der Waals surface area contributed by atoms with E-state index in [9.17, 15) is 0 Å². The molecule has 0 aliphatic carbocycles. The van der Waals surface area contributed by atoms with E-state index < -0.39 is 0 Å². The molecule has 4 heteroatoms. The van der Waals surface area contributed by atoms with Crippen LogP contribution in [0.2, 0.25) is 0 Å². The largest absolute Gasteiger partial charge is 0.373 e. The molecule has 0 aliphatic heterocycles. The summed E-state index contributed by atoms with van der Waals surface area (Å²) < 4.78 is 0. The van der Waals surface area contributed by atoms with Crippen molar-refractivity contribution in [2.75, 3.05) is 12.4 Å². The molecule has 0 fully saturated rings. The minimum absolute atomic E-state index is 0.728. The molecule has 106 valence electrons. The summed E-state index contributed by atoms with van der Waals surface area (Å²) in [4.78, 5) is 13.7. The van der Waals surface area contributed by atoms with Crippen LogP contribution in [0.15, 0.2) is 36.7 Å². The van der Waals surface area contributed by atoms with E-state index in [2.05, 4.69) is 41.3 Å². The summed E-state index contributed by atoms with van der Waals surface area (Å²) in [7, 11) is 1.89. The summed E-state index contributed by atoms with van der Waals surface area (Å²) in [6, 6.07) is 8.18. The van der Waals surface area contributed by atoms with Crippen molar-refractivity contribution < 1.29 is 0 Å². The zero-order chi connectivity index (χ0) is 14.8. The molecule has 3 aromatic rings. The van der Waals surface area contributed by atoms with Crippen LogP contribution in [0, 0.1) is 6.92 Å². The molecular weight excluding hydrogens is 260 g/mol. The normalized spacial score (nSPS) is 10.8. The van der Waals surface area contributed by atoms with Crippen LogP contribution in [-0.4, -0.2) is 22.0 Å². The lowest BCUT2D eigenvalue weighted by atomic mass is 10.1. The van der Waals surface area contributed by atoms with E-state index in [1.165, 1.54) is 0 Å². The van der Waals surface area contributed by atoms with Gasteiger partial charge in [0.15, 0.2) is 5.82 Å². The fourth-order valence-electron chi connectivity index (χ4n) is 2.57. The van der Waals surface area contributed by atoms with Crippen LogP contribution >= 0.6 is 0 Å². The van der Waals surface area contributed by atoms with Gasteiger partial charge in [-0.25, -0.2) is 9.97 Å². The van der Waals surface area contributed by atoms with Crippen LogP contribution < -0.4 is 5.32 Å². The van der Waals surface area contributed by atoms with Crippen molar-refractivity contribution >= 4 is 16.6 Å². The molecule has 1 N–H and O–H groups in total. The molecule has 0 amide bonds. The van der Waals surface area contributed by atoms with Crippen molar-refractivity contribution in [2.24, 2.45) is 0 Å². The van der Waals surface area contributed by atoms with Gasteiger partial charge in [0.25, 0.3) is 0 Å². The molecule has 2 aromatic heterocycles. The number of nitrogens with zero attached hydrogens (tertiary/aromatic N) is 3. The Balaban J connectivity index is 2.28. The Labute approximate surface area is 124 Å². The van der Waals surface area contributed by atoms with E-state index >= 15 is 0 Å². The molecule has 21 heavy (non-hydrogen) atoms. The summed E-state index contributed by atoms with van der Waals surface area (Å²) in [6.45, 7) is 4.16. The Morgan fingerprint density at radius 3 is 2.67 bits per heavy atom. The summed E-state index contributed by atoms with van der Waals surface area (Å²) >= 11 is 0. The van der Waals surface area contributed by atoms with Gasteiger partial charge in [0, 0.05) is 41.6 Å². The zero-order valence-electron chi connectivity index (χ0n) is 12.5. The highest BCUT2D eigenvalue weighted by atomic mass is 15.0. The number of aromatic nitrogens is 3. The molecule has 4 nitrogen and oxygen atoms in total. The molecule has 0 bridgehead atoms. The lowest BCUT2D eigenvalue weighted by Crippen LogP contribution is -2.05. The predicted molar refractivity (Wildman–Crippen MR) is 86.4 cm³/mol. The minimum Gasteiger partial charge on any atom is -0.373 e. The van der Waals surface area contributed by atoms with Crippen molar-refractivity contribution in [3.8, 4) is 11.4 Å². The first-order valence-electron chi connectivity index (χ1n) is 7.13. The number of nitrogens with one attached hydrogen (secondary N) is 1. The third-order valence-electron chi connectivity index (χ3n) is 3.73. The van der Waals surface area contributed by atoms with E-state index in [0.29, 0.717) is 0 Å². The van der Waals surface area contributed by atoms with Crippen molar-refractivity contribution in [1.82, 2.24) is 15.0 Å². The average Bonchev–Trinajstić information content (AvgIpc) is 2.54. The van der Waals surface area contributed by atoms with Crippen LogP contribution in [-0.2, 0) is 6.42 Å². The summed E-state index contributed by atoms with van der Waals surface area (Å²) in [5, 5.41) is 5.38. The van der Waals surface area contributed by atoms with Crippen LogP contribution in [0.4, 0.5) is 5.82 Å². The van der Waals surface area contributed by atoms with Gasteiger partial charge in [0.1, 0.15) is 5.82 Å². The molecule has 0 atom stereocenters. The van der Waals surface area contributed by atoms with Crippen molar-refractivity contribution in [1.29, 1.82) is 0 Å². The number of aryl methyl sites for hydroxylation is 1. The maximum atomic E-state index is 4.73. The highest BCUT2D eigenvalue weighted by Crippen LogP contribution is 2.27. The van der Waals surface area contributed by atoms with Crippen molar-refractivity contribution in [3.63, 3.8) is 0 Å². The average molecular weight is 278 g/mol. The number of benzene rings is 1. The minimum atomic E-state index is 0.728. The molecule has 0 aliphatic rings. The Bertz CT molecular complexity index is 765. The number of hydrogen-bond acceptors (Lipinski definition) is 4. The van der Waals surface area contributed by atoms with Gasteiger partial charge in [-0.3, -0.25) is 4.98 Å². The first-order valence-corrected chi connectivity index (χ1v) is 7.13. The second-order valence-electron chi connectivity index (χ2n) is 4.98. The number of hydrogen-bond donors (Lipinski definition) is 1. The predicted octanol–water partition coefficient (Wildman–Crippen LogP) is 3.60. The Morgan fingerprint density at radius 2 is 1.90 bits per heavy atom. The smallest absolute Gasteiger partial charge is 0.163 e. The zero-order valence-corrected chi connectivity index (χ0v) is 12.5. The fourth-order valence-corrected chi connectivity index (χ4v) is 2.57. The van der Waals surface area contributed by atoms with Gasteiger partial charge in [-0.05, 0) is 18.7 Å². The first kappa shape index (κ1) is 13.5.